The van der Waals surface area contributed by atoms with Crippen LogP contribution in [0.1, 0.15) is 5.69 Å². The maximum Gasteiger partial charge on any atom is 0.183 e. The van der Waals surface area contributed by atoms with Crippen molar-refractivity contribution in [1.82, 2.24) is 15.0 Å². The number of aromatic nitrogens is 3. The highest BCUT2D eigenvalue weighted by molar-refractivity contribution is 6.09. The third kappa shape index (κ3) is 1.23. The fourth-order valence-electron chi connectivity index (χ4n) is 1.81. The van der Waals surface area contributed by atoms with Crippen molar-refractivity contribution in [3.8, 4) is 11.8 Å². The number of rotatable bonds is 0. The van der Waals surface area contributed by atoms with Gasteiger partial charge in [0.1, 0.15) is 17.5 Å². The van der Waals surface area contributed by atoms with Gasteiger partial charge in [0.2, 0.25) is 0 Å². The number of H-pyrrole nitrogens is 1. The first kappa shape index (κ1) is 9.54. The zero-order valence-electron chi connectivity index (χ0n) is 8.40. The Hall–Kier alpha value is -2.68. The van der Waals surface area contributed by atoms with Crippen LogP contribution in [0.2, 0.25) is 0 Å². The number of nitrogens with zero attached hydrogens (tertiary/aromatic N) is 3. The number of halogens is 1. The van der Waals surface area contributed by atoms with Crippen LogP contribution in [0.5, 0.6) is 5.75 Å². The lowest BCUT2D eigenvalue weighted by Gasteiger charge is -1.97. The van der Waals surface area contributed by atoms with Crippen molar-refractivity contribution >= 4 is 21.9 Å². The molecule has 0 radical (unpaired) electrons. The molecule has 3 aromatic rings. The Morgan fingerprint density at radius 2 is 2.18 bits per heavy atom. The molecule has 3 heterocycles. The molecule has 0 aliphatic carbocycles. The third-order valence-corrected chi connectivity index (χ3v) is 2.54. The molecule has 0 bridgehead atoms. The van der Waals surface area contributed by atoms with Crippen LogP contribution in [0.4, 0.5) is 4.39 Å². The summed E-state index contributed by atoms with van der Waals surface area (Å²) in [6.45, 7) is 0. The minimum Gasteiger partial charge on any atom is -0.504 e. The molecule has 0 atom stereocenters. The number of aromatic hydroxyl groups is 1. The molecular formula is C11H5FN4O. The van der Waals surface area contributed by atoms with Crippen LogP contribution in [0, 0.1) is 17.1 Å². The smallest absolute Gasteiger partial charge is 0.183 e. The topological polar surface area (TPSA) is 85.6 Å². The first-order valence-corrected chi connectivity index (χ1v) is 4.75. The fourth-order valence-corrected chi connectivity index (χ4v) is 1.81. The van der Waals surface area contributed by atoms with Crippen molar-refractivity contribution < 1.29 is 9.50 Å². The van der Waals surface area contributed by atoms with Gasteiger partial charge in [-0.2, -0.15) is 5.26 Å². The molecule has 0 amide bonds. The largest absolute Gasteiger partial charge is 0.504 e. The Morgan fingerprint density at radius 1 is 1.35 bits per heavy atom. The Morgan fingerprint density at radius 3 is 2.94 bits per heavy atom. The third-order valence-electron chi connectivity index (χ3n) is 2.54. The van der Waals surface area contributed by atoms with E-state index in [1.54, 1.807) is 6.07 Å². The van der Waals surface area contributed by atoms with Crippen molar-refractivity contribution in [3.05, 3.63) is 30.0 Å². The molecule has 0 saturated carbocycles. The van der Waals surface area contributed by atoms with E-state index in [2.05, 4.69) is 15.0 Å². The summed E-state index contributed by atoms with van der Waals surface area (Å²) in [4.78, 5) is 10.5. The fraction of sp³-hybridized carbons (Fsp3) is 0. The second kappa shape index (κ2) is 3.15. The summed E-state index contributed by atoms with van der Waals surface area (Å²) in [7, 11) is 0. The summed E-state index contributed by atoms with van der Waals surface area (Å²) in [5, 5.41) is 19.4. The summed E-state index contributed by atoms with van der Waals surface area (Å²) in [5.74, 6) is -0.767. The summed E-state index contributed by atoms with van der Waals surface area (Å²) >= 11 is 0. The summed E-state index contributed by atoms with van der Waals surface area (Å²) in [6, 6.07) is 3.02. The quantitative estimate of drug-likeness (QED) is 0.614. The molecule has 0 aliphatic rings. The van der Waals surface area contributed by atoms with E-state index in [1.165, 1.54) is 12.3 Å². The van der Waals surface area contributed by atoms with Gasteiger partial charge in [-0.1, -0.05) is 0 Å². The highest BCUT2D eigenvalue weighted by atomic mass is 19.1. The van der Waals surface area contributed by atoms with Crippen molar-refractivity contribution in [2.45, 2.75) is 0 Å². The lowest BCUT2D eigenvalue weighted by Crippen LogP contribution is -1.83. The van der Waals surface area contributed by atoms with Gasteiger partial charge in [0, 0.05) is 5.39 Å². The molecule has 2 N–H and O–H groups in total. The molecule has 0 unspecified atom stereocenters. The normalized spacial score (nSPS) is 10.8. The van der Waals surface area contributed by atoms with Gasteiger partial charge in [-0.3, -0.25) is 0 Å². The predicted octanol–water partition coefficient (Wildman–Crippen LogP) is 1.83. The molecule has 0 aliphatic heterocycles. The summed E-state index contributed by atoms with van der Waals surface area (Å²) in [5.41, 5.74) is 0.853. The van der Waals surface area contributed by atoms with Crippen LogP contribution in [0.25, 0.3) is 21.9 Å². The molecule has 3 aromatic heterocycles. The van der Waals surface area contributed by atoms with Gasteiger partial charge in [-0.25, -0.2) is 14.4 Å². The summed E-state index contributed by atoms with van der Waals surface area (Å²) in [6.07, 6.45) is 2.49. The van der Waals surface area contributed by atoms with Crippen LogP contribution in [-0.2, 0) is 0 Å². The molecular weight excluding hydrogens is 223 g/mol. The lowest BCUT2D eigenvalue weighted by atomic mass is 10.2. The van der Waals surface area contributed by atoms with Crippen molar-refractivity contribution in [2.75, 3.05) is 0 Å². The molecule has 82 valence electrons. The van der Waals surface area contributed by atoms with E-state index in [0.717, 1.165) is 6.20 Å². The van der Waals surface area contributed by atoms with E-state index >= 15 is 0 Å². The zero-order chi connectivity index (χ0) is 12.0. The van der Waals surface area contributed by atoms with Crippen LogP contribution in [0.15, 0.2) is 18.5 Å². The van der Waals surface area contributed by atoms with Gasteiger partial charge in [-0.05, 0) is 6.07 Å². The number of fused-ring (bicyclic) bond motifs is 3. The van der Waals surface area contributed by atoms with Crippen LogP contribution < -0.4 is 0 Å². The van der Waals surface area contributed by atoms with E-state index in [0.29, 0.717) is 21.9 Å². The number of nitriles is 1. The summed E-state index contributed by atoms with van der Waals surface area (Å²) < 4.78 is 13.1. The zero-order valence-corrected chi connectivity index (χ0v) is 8.40. The minimum absolute atomic E-state index is 0.0948. The molecule has 17 heavy (non-hydrogen) atoms. The molecule has 0 spiro atoms. The molecule has 0 aromatic carbocycles. The molecule has 3 rings (SSSR count). The van der Waals surface area contributed by atoms with E-state index in [9.17, 15) is 9.50 Å². The first-order valence-electron chi connectivity index (χ1n) is 4.75. The van der Waals surface area contributed by atoms with E-state index < -0.39 is 5.82 Å². The van der Waals surface area contributed by atoms with Gasteiger partial charge in [0.05, 0.1) is 23.3 Å². The Balaban J connectivity index is 2.57. The second-order valence-corrected chi connectivity index (χ2v) is 3.53. The molecule has 0 fully saturated rings. The average molecular weight is 228 g/mol. The highest BCUT2D eigenvalue weighted by Gasteiger charge is 2.14. The molecule has 6 heteroatoms. The Labute approximate surface area is 94.2 Å². The molecule has 5 nitrogen and oxygen atoms in total. The maximum atomic E-state index is 13.1. The van der Waals surface area contributed by atoms with Crippen LogP contribution in [0.3, 0.4) is 0 Å². The van der Waals surface area contributed by atoms with Crippen molar-refractivity contribution in [1.29, 1.82) is 5.26 Å². The SMILES string of the molecule is N#Cc1ncc2[nH]c3ncc(F)cc3c2c1O. The number of pyridine rings is 2. The van der Waals surface area contributed by atoms with Gasteiger partial charge < -0.3 is 10.1 Å². The van der Waals surface area contributed by atoms with Crippen molar-refractivity contribution in [3.63, 3.8) is 0 Å². The van der Waals surface area contributed by atoms with E-state index in [-0.39, 0.29) is 11.4 Å². The van der Waals surface area contributed by atoms with Crippen LogP contribution >= 0.6 is 0 Å². The highest BCUT2D eigenvalue weighted by Crippen LogP contribution is 2.32. The monoisotopic (exact) mass is 228 g/mol. The number of hydrogen-bond acceptors (Lipinski definition) is 4. The minimum atomic E-state index is -0.506. The Bertz CT molecular complexity index is 787. The maximum absolute atomic E-state index is 13.1. The average Bonchev–Trinajstić information content (AvgIpc) is 2.68. The number of hydrogen-bond donors (Lipinski definition) is 2. The van der Waals surface area contributed by atoms with Gasteiger partial charge in [0.15, 0.2) is 11.4 Å². The second-order valence-electron chi connectivity index (χ2n) is 3.53. The Kier molecular flexibility index (Phi) is 1.77. The first-order chi connectivity index (χ1) is 8.20. The van der Waals surface area contributed by atoms with Gasteiger partial charge in [0.25, 0.3) is 0 Å². The molecule has 0 saturated heterocycles. The number of nitrogens with one attached hydrogen (secondary N) is 1. The lowest BCUT2D eigenvalue weighted by molar-refractivity contribution is 0.477. The van der Waals surface area contributed by atoms with Gasteiger partial charge in [-0.15, -0.1) is 0 Å². The van der Waals surface area contributed by atoms with E-state index in [4.69, 9.17) is 5.26 Å². The van der Waals surface area contributed by atoms with E-state index in [1.807, 2.05) is 0 Å². The standard InChI is InChI=1S/C11H5FN4O/c12-5-1-6-9-8(16-11(6)15-3-5)4-14-7(2-13)10(9)17/h1,3-4,17H,(H,15,16). The van der Waals surface area contributed by atoms with Crippen molar-refractivity contribution in [2.24, 2.45) is 0 Å². The van der Waals surface area contributed by atoms with Gasteiger partial charge >= 0.3 is 0 Å². The number of aromatic amines is 1. The predicted molar refractivity (Wildman–Crippen MR) is 57.7 cm³/mol. The van der Waals surface area contributed by atoms with Crippen LogP contribution in [-0.4, -0.2) is 20.1 Å².